The molecule has 184 valence electrons. The Morgan fingerprint density at radius 3 is 1.94 bits per heavy atom. The molecule has 1 unspecified atom stereocenters. The zero-order chi connectivity index (χ0) is 22.8. The van der Waals surface area contributed by atoms with Crippen LogP contribution in [0, 0.1) is 5.92 Å². The fourth-order valence-corrected chi connectivity index (χ4v) is 3.21. The first kappa shape index (κ1) is 30.3. The van der Waals surface area contributed by atoms with E-state index in [4.69, 9.17) is 26.0 Å². The van der Waals surface area contributed by atoms with Gasteiger partial charge in [0.05, 0.1) is 18.5 Å². The molecule has 1 saturated carbocycles. The van der Waals surface area contributed by atoms with Crippen molar-refractivity contribution in [2.24, 2.45) is 17.4 Å². The van der Waals surface area contributed by atoms with Gasteiger partial charge in [0.15, 0.2) is 6.29 Å². The molecule has 13 heteroatoms. The summed E-state index contributed by atoms with van der Waals surface area (Å²) >= 11 is 0. The quantitative estimate of drug-likeness (QED) is 0.109. The summed E-state index contributed by atoms with van der Waals surface area (Å²) in [6.45, 7) is -0.790. The number of carboxylic acid groups (broad SMARTS) is 2. The van der Waals surface area contributed by atoms with E-state index < -0.39 is 55.2 Å². The van der Waals surface area contributed by atoms with Crippen molar-refractivity contribution in [3.63, 3.8) is 0 Å². The number of carbonyl (C=O) groups excluding carboxylic acids is 2. The Bertz CT molecular complexity index is 517. The molecule has 0 aromatic heterocycles. The Balaban J connectivity index is 0.000000838. The van der Waals surface area contributed by atoms with E-state index in [1.165, 1.54) is 12.8 Å². The van der Waals surface area contributed by atoms with Crippen molar-refractivity contribution in [1.29, 1.82) is 0 Å². The van der Waals surface area contributed by atoms with Gasteiger partial charge in [-0.05, 0) is 25.7 Å². The molecule has 0 spiro atoms. The van der Waals surface area contributed by atoms with Gasteiger partial charge in [0, 0.05) is 24.6 Å². The van der Waals surface area contributed by atoms with Crippen LogP contribution in [0.15, 0.2) is 0 Å². The van der Waals surface area contributed by atoms with E-state index in [1.54, 1.807) is 0 Å². The summed E-state index contributed by atoms with van der Waals surface area (Å²) in [6.07, 6.45) is -2.66. The van der Waals surface area contributed by atoms with Crippen molar-refractivity contribution in [2.45, 2.75) is 81.3 Å². The van der Waals surface area contributed by atoms with Crippen LogP contribution in [0.2, 0.25) is 0 Å². The van der Waals surface area contributed by atoms with Crippen LogP contribution in [0.3, 0.4) is 0 Å². The van der Waals surface area contributed by atoms with Crippen molar-refractivity contribution in [3.05, 3.63) is 0 Å². The zero-order valence-electron chi connectivity index (χ0n) is 17.0. The van der Waals surface area contributed by atoms with Gasteiger partial charge in [0.2, 0.25) is 0 Å². The minimum absolute atomic E-state index is 0. The normalized spacial score (nSPS) is 33.1. The van der Waals surface area contributed by atoms with Crippen molar-refractivity contribution >= 4 is 11.9 Å². The number of aliphatic carboxylic acids is 2. The van der Waals surface area contributed by atoms with Crippen molar-refractivity contribution in [3.8, 4) is 0 Å². The maximum absolute atomic E-state index is 10.5. The Kier molecular flexibility index (Phi) is 14.9. The molecule has 12 nitrogen and oxygen atoms in total. The number of carboxylic acids is 2. The summed E-state index contributed by atoms with van der Waals surface area (Å²) in [5, 5.41) is 58.7. The van der Waals surface area contributed by atoms with Crippen LogP contribution in [0.1, 0.15) is 38.5 Å². The third-order valence-electron chi connectivity index (χ3n) is 5.21. The second-order valence-corrected chi connectivity index (χ2v) is 7.51. The molecule has 31 heavy (non-hydrogen) atoms. The second kappa shape index (κ2) is 15.2. The van der Waals surface area contributed by atoms with E-state index in [-0.39, 0.29) is 52.6 Å². The van der Waals surface area contributed by atoms with Crippen LogP contribution in [-0.4, -0.2) is 88.4 Å². The third kappa shape index (κ3) is 9.77. The average molecular weight is 632 g/mol. The third-order valence-corrected chi connectivity index (χ3v) is 5.21. The summed E-state index contributed by atoms with van der Waals surface area (Å²) < 4.78 is 10.1. The number of hydrogen-bond acceptors (Lipinski definition) is 12. The maximum Gasteiger partial charge on any atom is 2.00 e. The average Bonchev–Trinajstić information content (AvgIpc) is 2.69. The van der Waals surface area contributed by atoms with Gasteiger partial charge >= 0.3 is 21.1 Å². The first-order chi connectivity index (χ1) is 14.1. The van der Waals surface area contributed by atoms with Gasteiger partial charge in [-0.3, -0.25) is 0 Å². The molecule has 8 N–H and O–H groups in total. The topological polar surface area (TPSA) is 232 Å². The number of hydrogen-bond donors (Lipinski definition) is 6. The van der Waals surface area contributed by atoms with E-state index >= 15 is 0 Å². The van der Waals surface area contributed by atoms with Crippen LogP contribution >= 0.6 is 0 Å². The molecule has 2 aliphatic rings. The predicted molar refractivity (Wildman–Crippen MR) is 96.9 cm³/mol. The smallest absolute Gasteiger partial charge is 0.549 e. The number of aliphatic hydroxyl groups is 4. The van der Waals surface area contributed by atoms with E-state index in [0.717, 1.165) is 12.8 Å². The van der Waals surface area contributed by atoms with Gasteiger partial charge < -0.3 is 61.2 Å². The van der Waals surface area contributed by atoms with Crippen molar-refractivity contribution in [1.82, 2.24) is 0 Å². The summed E-state index contributed by atoms with van der Waals surface area (Å²) in [7, 11) is 0. The van der Waals surface area contributed by atoms with E-state index in [9.17, 15) is 35.1 Å². The standard InChI is InChI=1S/C12H20O10.C6H14N2.Pt/c13-4-6-7(14)8(15)9(16)12(22-6)21-3-1-2-5(10(17)18)11(19)20;7-5-3-1-2-4-6(5)8;/h5-9,12-16H,1-4H2,(H,17,18)(H,19,20);5-6H,1-4,7-8H2;/q;;+2/p-2/t6-,7-,8+,9+,12?;5-,6-;/m11./s1. The molecule has 0 amide bonds. The number of rotatable bonds is 8. The SMILES string of the molecule is N[C@@H]1CCCC[C@H]1N.O=C([O-])C(CCCOC1O[C@H](CO)[C@@H](O)[C@H](O)[C@@H]1O)C(=O)[O-].[Pt+2]. The van der Waals surface area contributed by atoms with Gasteiger partial charge in [-0.1, -0.05) is 12.8 Å². The minimum atomic E-state index is -1.78. The Morgan fingerprint density at radius 1 is 1.00 bits per heavy atom. The summed E-state index contributed by atoms with van der Waals surface area (Å²) in [5.41, 5.74) is 11.3. The fourth-order valence-electron chi connectivity index (χ4n) is 3.21. The summed E-state index contributed by atoms with van der Waals surface area (Å²) in [4.78, 5) is 21.0. The summed E-state index contributed by atoms with van der Waals surface area (Å²) in [5.74, 6) is -5.32. The molecule has 0 bridgehead atoms. The largest absolute Gasteiger partial charge is 2.00 e. The van der Waals surface area contributed by atoms with Gasteiger partial charge in [0.1, 0.15) is 24.4 Å². The Morgan fingerprint density at radius 2 is 1.52 bits per heavy atom. The van der Waals surface area contributed by atoms with Gasteiger partial charge in [-0.2, -0.15) is 0 Å². The van der Waals surface area contributed by atoms with Gasteiger partial charge in [0.25, 0.3) is 0 Å². The first-order valence-electron chi connectivity index (χ1n) is 9.95. The molecule has 2 fully saturated rings. The summed E-state index contributed by atoms with van der Waals surface area (Å²) in [6, 6.07) is 0.562. The van der Waals surface area contributed by atoms with E-state index in [1.807, 2.05) is 0 Å². The van der Waals surface area contributed by atoms with Crippen LogP contribution < -0.4 is 21.7 Å². The maximum atomic E-state index is 10.5. The zero-order valence-corrected chi connectivity index (χ0v) is 19.3. The molecule has 0 aromatic rings. The Labute approximate surface area is 194 Å². The van der Waals surface area contributed by atoms with E-state index in [2.05, 4.69) is 0 Å². The monoisotopic (exact) mass is 631 g/mol. The van der Waals surface area contributed by atoms with Crippen LogP contribution in [0.4, 0.5) is 0 Å². The van der Waals surface area contributed by atoms with E-state index in [0.29, 0.717) is 0 Å². The molecule has 0 aromatic carbocycles. The molecular weight excluding hydrogens is 599 g/mol. The van der Waals surface area contributed by atoms with Crippen LogP contribution in [-0.2, 0) is 40.1 Å². The molecule has 2 rings (SSSR count). The van der Waals surface area contributed by atoms with Gasteiger partial charge in [-0.25, -0.2) is 0 Å². The van der Waals surface area contributed by atoms with Gasteiger partial charge in [-0.15, -0.1) is 0 Å². The first-order valence-corrected chi connectivity index (χ1v) is 9.95. The molecule has 1 aliphatic carbocycles. The number of nitrogens with two attached hydrogens (primary N) is 2. The molecule has 7 atom stereocenters. The second-order valence-electron chi connectivity index (χ2n) is 7.51. The Hall–Kier alpha value is -0.692. The number of ether oxygens (including phenoxy) is 2. The molecular formula is C18H32N2O10Pt. The van der Waals surface area contributed by atoms with Crippen molar-refractivity contribution < 1.29 is 70.8 Å². The number of carbonyl (C=O) groups is 2. The molecule has 1 saturated heterocycles. The van der Waals surface area contributed by atoms with Crippen LogP contribution in [0.25, 0.3) is 0 Å². The molecule has 1 aliphatic heterocycles. The van der Waals surface area contributed by atoms with Crippen molar-refractivity contribution in [2.75, 3.05) is 13.2 Å². The number of aliphatic hydroxyl groups excluding tert-OH is 4. The minimum Gasteiger partial charge on any atom is -0.549 e. The molecule has 1 heterocycles. The fraction of sp³-hybridized carbons (Fsp3) is 0.889. The molecule has 0 radical (unpaired) electrons. The predicted octanol–water partition coefficient (Wildman–Crippen LogP) is -5.09. The van der Waals surface area contributed by atoms with Crippen LogP contribution in [0.5, 0.6) is 0 Å².